The van der Waals surface area contributed by atoms with Crippen LogP contribution in [0.25, 0.3) is 10.2 Å². The summed E-state index contributed by atoms with van der Waals surface area (Å²) < 4.78 is 19.1. The van der Waals surface area contributed by atoms with Gasteiger partial charge in [-0.15, -0.1) is 0 Å². The van der Waals surface area contributed by atoms with Gasteiger partial charge in [0.2, 0.25) is 0 Å². The number of carbonyl (C=O) groups excluding carboxylic acids is 1. The summed E-state index contributed by atoms with van der Waals surface area (Å²) in [7, 11) is 3.09. The molecule has 0 aliphatic rings. The SMILES string of the molecule is CCOCCn1c(=NC(=O)c2ccc(OC)cc2OC)sc2ccccc21. The largest absolute Gasteiger partial charge is 0.497 e. The van der Waals surface area contributed by atoms with E-state index in [0.717, 1.165) is 10.2 Å². The quantitative estimate of drug-likeness (QED) is 0.583. The number of methoxy groups -OCH3 is 2. The molecule has 1 heterocycles. The van der Waals surface area contributed by atoms with Gasteiger partial charge in [-0.2, -0.15) is 4.99 Å². The highest BCUT2D eigenvalue weighted by molar-refractivity contribution is 7.16. The van der Waals surface area contributed by atoms with Crippen LogP contribution in [0.15, 0.2) is 47.5 Å². The molecule has 7 heteroatoms. The van der Waals surface area contributed by atoms with Gasteiger partial charge >= 0.3 is 0 Å². The number of thiazole rings is 1. The van der Waals surface area contributed by atoms with Crippen LogP contribution in [0.5, 0.6) is 11.5 Å². The maximum Gasteiger partial charge on any atom is 0.283 e. The molecule has 142 valence electrons. The van der Waals surface area contributed by atoms with Gasteiger partial charge in [0.05, 0.1) is 36.6 Å². The predicted octanol–water partition coefficient (Wildman–Crippen LogP) is 3.50. The Labute approximate surface area is 161 Å². The van der Waals surface area contributed by atoms with Crippen molar-refractivity contribution < 1.29 is 19.0 Å². The van der Waals surface area contributed by atoms with Crippen molar-refractivity contribution in [3.05, 3.63) is 52.8 Å². The number of rotatable bonds is 7. The van der Waals surface area contributed by atoms with Gasteiger partial charge in [0.25, 0.3) is 5.91 Å². The molecule has 1 aromatic heterocycles. The molecular formula is C20H22N2O4S. The number of ether oxygens (including phenoxy) is 3. The molecule has 3 aromatic rings. The minimum Gasteiger partial charge on any atom is -0.497 e. The van der Waals surface area contributed by atoms with Crippen LogP contribution < -0.4 is 14.3 Å². The van der Waals surface area contributed by atoms with Crippen molar-refractivity contribution in [1.29, 1.82) is 0 Å². The van der Waals surface area contributed by atoms with E-state index < -0.39 is 0 Å². The van der Waals surface area contributed by atoms with Crippen LogP contribution >= 0.6 is 11.3 Å². The second-order valence-corrected chi connectivity index (χ2v) is 6.69. The fraction of sp³-hybridized carbons (Fsp3) is 0.300. The molecule has 0 radical (unpaired) electrons. The number of benzene rings is 2. The molecule has 6 nitrogen and oxygen atoms in total. The second kappa shape index (κ2) is 8.83. The number of nitrogens with zero attached hydrogens (tertiary/aromatic N) is 2. The summed E-state index contributed by atoms with van der Waals surface area (Å²) in [4.78, 5) is 17.8. The Kier molecular flexibility index (Phi) is 6.26. The lowest BCUT2D eigenvalue weighted by atomic mass is 10.2. The Morgan fingerprint density at radius 2 is 1.96 bits per heavy atom. The summed E-state index contributed by atoms with van der Waals surface area (Å²) in [6.45, 7) is 3.80. The van der Waals surface area contributed by atoms with Gasteiger partial charge < -0.3 is 18.8 Å². The molecule has 3 rings (SSSR count). The van der Waals surface area contributed by atoms with E-state index in [2.05, 4.69) is 4.99 Å². The summed E-state index contributed by atoms with van der Waals surface area (Å²) in [6.07, 6.45) is 0. The van der Waals surface area contributed by atoms with Crippen LogP contribution in [0.3, 0.4) is 0 Å². The normalized spacial score (nSPS) is 11.7. The zero-order chi connectivity index (χ0) is 19.2. The van der Waals surface area contributed by atoms with E-state index in [9.17, 15) is 4.79 Å². The molecule has 0 N–H and O–H groups in total. The molecule has 1 amide bonds. The Morgan fingerprint density at radius 1 is 1.15 bits per heavy atom. The maximum atomic E-state index is 12.8. The summed E-state index contributed by atoms with van der Waals surface area (Å²) in [5, 5.41) is 0. The number of carbonyl (C=O) groups is 1. The van der Waals surface area contributed by atoms with E-state index >= 15 is 0 Å². The summed E-state index contributed by atoms with van der Waals surface area (Å²) >= 11 is 1.48. The topological polar surface area (TPSA) is 62.1 Å². The fourth-order valence-electron chi connectivity index (χ4n) is 2.74. The van der Waals surface area contributed by atoms with Crippen LogP contribution in [0.1, 0.15) is 17.3 Å². The van der Waals surface area contributed by atoms with Crippen molar-refractivity contribution in [3.63, 3.8) is 0 Å². The molecule has 2 aromatic carbocycles. The summed E-state index contributed by atoms with van der Waals surface area (Å²) in [6, 6.07) is 13.1. The molecular weight excluding hydrogens is 364 g/mol. The third kappa shape index (κ3) is 4.20. The lowest BCUT2D eigenvalue weighted by molar-refractivity contribution is 0.0993. The minimum atomic E-state index is -0.355. The lowest BCUT2D eigenvalue weighted by Gasteiger charge is -2.08. The van der Waals surface area contributed by atoms with E-state index in [1.165, 1.54) is 18.4 Å². The van der Waals surface area contributed by atoms with Crippen molar-refractivity contribution >= 4 is 27.5 Å². The molecule has 0 atom stereocenters. The number of aromatic nitrogens is 1. The van der Waals surface area contributed by atoms with Gasteiger partial charge in [-0.25, -0.2) is 0 Å². The van der Waals surface area contributed by atoms with Crippen LogP contribution in [-0.4, -0.2) is 37.9 Å². The van der Waals surface area contributed by atoms with E-state index in [0.29, 0.717) is 41.6 Å². The first-order valence-corrected chi connectivity index (χ1v) is 9.46. The molecule has 0 spiro atoms. The standard InChI is InChI=1S/C20H22N2O4S/c1-4-26-12-11-22-16-7-5-6-8-18(16)27-20(22)21-19(23)15-10-9-14(24-2)13-17(15)25-3/h5-10,13H,4,11-12H2,1-3H3. The molecule has 0 unspecified atom stereocenters. The molecule has 0 fully saturated rings. The van der Waals surface area contributed by atoms with Crippen molar-refractivity contribution in [1.82, 2.24) is 4.57 Å². The van der Waals surface area contributed by atoms with Crippen molar-refractivity contribution in [2.24, 2.45) is 4.99 Å². The molecule has 27 heavy (non-hydrogen) atoms. The number of hydrogen-bond donors (Lipinski definition) is 0. The van der Waals surface area contributed by atoms with Crippen LogP contribution in [0.2, 0.25) is 0 Å². The van der Waals surface area contributed by atoms with E-state index in [4.69, 9.17) is 14.2 Å². The summed E-state index contributed by atoms with van der Waals surface area (Å²) in [5.41, 5.74) is 1.43. The van der Waals surface area contributed by atoms with Crippen molar-refractivity contribution in [3.8, 4) is 11.5 Å². The minimum absolute atomic E-state index is 0.355. The average Bonchev–Trinajstić information content (AvgIpc) is 3.04. The van der Waals surface area contributed by atoms with Crippen LogP contribution in [-0.2, 0) is 11.3 Å². The molecule has 0 bridgehead atoms. The third-order valence-electron chi connectivity index (χ3n) is 4.09. The van der Waals surface area contributed by atoms with E-state index in [1.807, 2.05) is 35.8 Å². The molecule has 0 saturated carbocycles. The highest BCUT2D eigenvalue weighted by Crippen LogP contribution is 2.25. The predicted molar refractivity (Wildman–Crippen MR) is 106 cm³/mol. The first-order chi connectivity index (χ1) is 13.2. The number of fused-ring (bicyclic) bond motifs is 1. The smallest absolute Gasteiger partial charge is 0.283 e. The first kappa shape index (κ1) is 19.1. The number of amides is 1. The van der Waals surface area contributed by atoms with Crippen LogP contribution in [0.4, 0.5) is 0 Å². The first-order valence-electron chi connectivity index (χ1n) is 8.65. The average molecular weight is 386 g/mol. The van der Waals surface area contributed by atoms with E-state index in [1.54, 1.807) is 25.3 Å². The van der Waals surface area contributed by atoms with Gasteiger partial charge in [0.15, 0.2) is 4.80 Å². The molecule has 0 aliphatic heterocycles. The highest BCUT2D eigenvalue weighted by Gasteiger charge is 2.14. The Bertz CT molecular complexity index is 1010. The van der Waals surface area contributed by atoms with Gasteiger partial charge in [-0.1, -0.05) is 23.5 Å². The Balaban J connectivity index is 2.04. The van der Waals surface area contributed by atoms with Crippen molar-refractivity contribution in [2.75, 3.05) is 27.4 Å². The van der Waals surface area contributed by atoms with Gasteiger partial charge in [0.1, 0.15) is 11.5 Å². The van der Waals surface area contributed by atoms with Gasteiger partial charge in [-0.05, 0) is 31.2 Å². The van der Waals surface area contributed by atoms with Crippen molar-refractivity contribution in [2.45, 2.75) is 13.5 Å². The molecule has 0 aliphatic carbocycles. The highest BCUT2D eigenvalue weighted by atomic mass is 32.1. The Hall–Kier alpha value is -2.64. The molecule has 0 saturated heterocycles. The summed E-state index contributed by atoms with van der Waals surface area (Å²) in [5.74, 6) is 0.702. The zero-order valence-electron chi connectivity index (χ0n) is 15.6. The van der Waals surface area contributed by atoms with Crippen LogP contribution in [0, 0.1) is 0 Å². The van der Waals surface area contributed by atoms with Gasteiger partial charge in [0, 0.05) is 19.2 Å². The number of hydrogen-bond acceptors (Lipinski definition) is 5. The maximum absolute atomic E-state index is 12.8. The third-order valence-corrected chi connectivity index (χ3v) is 5.15. The lowest BCUT2D eigenvalue weighted by Crippen LogP contribution is -2.20. The monoisotopic (exact) mass is 386 g/mol. The van der Waals surface area contributed by atoms with E-state index in [-0.39, 0.29) is 5.91 Å². The second-order valence-electron chi connectivity index (χ2n) is 5.68. The Morgan fingerprint density at radius 3 is 2.70 bits per heavy atom. The fourth-order valence-corrected chi connectivity index (χ4v) is 3.80. The zero-order valence-corrected chi connectivity index (χ0v) is 16.4. The van der Waals surface area contributed by atoms with Gasteiger partial charge in [-0.3, -0.25) is 4.79 Å². The number of para-hydroxylation sites is 1.